The van der Waals surface area contributed by atoms with Crippen molar-refractivity contribution in [3.05, 3.63) is 30.1 Å². The lowest BCUT2D eigenvalue weighted by Crippen LogP contribution is -2.16. The van der Waals surface area contributed by atoms with Gasteiger partial charge in [0, 0.05) is 18.8 Å². The molecule has 2 heteroatoms. The van der Waals surface area contributed by atoms with Crippen LogP contribution in [0.15, 0.2) is 24.5 Å². The minimum absolute atomic E-state index is 0.0247. The number of pyridine rings is 1. The minimum Gasteiger partial charge on any atom is -0.318 e. The summed E-state index contributed by atoms with van der Waals surface area (Å²) in [5, 5.41) is 0. The van der Waals surface area contributed by atoms with Crippen LogP contribution in [0, 0.1) is 11.8 Å². The maximum absolute atomic E-state index is 5.76. The van der Waals surface area contributed by atoms with E-state index >= 15 is 0 Å². The number of rotatable bonds is 3. The lowest BCUT2D eigenvalue weighted by atomic mass is 10.1. The zero-order valence-electron chi connectivity index (χ0n) is 8.53. The predicted octanol–water partition coefficient (Wildman–Crippen LogP) is 1.75. The average molecular weight is 188 g/mol. The summed E-state index contributed by atoms with van der Waals surface area (Å²) in [6.45, 7) is 2.11. The van der Waals surface area contributed by atoms with Gasteiger partial charge in [0.15, 0.2) is 0 Å². The molecule has 2 nitrogen and oxygen atoms in total. The largest absolute Gasteiger partial charge is 0.318 e. The minimum atomic E-state index is 0.0247. The molecule has 0 spiro atoms. The third-order valence-corrected chi connectivity index (χ3v) is 1.90. The Balaban J connectivity index is 2.40. The summed E-state index contributed by atoms with van der Waals surface area (Å²) in [5.41, 5.74) is 6.90. The topological polar surface area (TPSA) is 38.9 Å². The van der Waals surface area contributed by atoms with Crippen molar-refractivity contribution in [3.8, 4) is 11.8 Å². The van der Waals surface area contributed by atoms with Gasteiger partial charge in [0.25, 0.3) is 0 Å². The van der Waals surface area contributed by atoms with E-state index < -0.39 is 0 Å². The van der Waals surface area contributed by atoms with E-state index in [2.05, 4.69) is 23.7 Å². The molecule has 1 rings (SSSR count). The van der Waals surface area contributed by atoms with E-state index in [0.717, 1.165) is 24.8 Å². The van der Waals surface area contributed by atoms with Crippen LogP contribution in [0.2, 0.25) is 0 Å². The fraction of sp³-hybridized carbons (Fsp3) is 0.417. The van der Waals surface area contributed by atoms with Gasteiger partial charge in [-0.1, -0.05) is 31.3 Å². The second kappa shape index (κ2) is 6.17. The molecule has 1 unspecified atom stereocenters. The molecule has 0 aromatic carbocycles. The number of nitrogens with zero attached hydrogens (tertiary/aromatic N) is 1. The molecule has 0 bridgehead atoms. The van der Waals surface area contributed by atoms with Crippen molar-refractivity contribution in [1.29, 1.82) is 0 Å². The molecule has 1 aromatic heterocycles. The summed E-state index contributed by atoms with van der Waals surface area (Å²) in [6, 6.07) is 3.97. The SMILES string of the molecule is CCCC(N)C#CCc1cccnc1. The third kappa shape index (κ3) is 4.06. The predicted molar refractivity (Wildman–Crippen MR) is 58.6 cm³/mol. The van der Waals surface area contributed by atoms with Gasteiger partial charge in [0.05, 0.1) is 6.04 Å². The summed E-state index contributed by atoms with van der Waals surface area (Å²) < 4.78 is 0. The first-order valence-electron chi connectivity index (χ1n) is 4.95. The van der Waals surface area contributed by atoms with Crippen molar-refractivity contribution in [2.45, 2.75) is 32.2 Å². The summed E-state index contributed by atoms with van der Waals surface area (Å²) in [7, 11) is 0. The third-order valence-electron chi connectivity index (χ3n) is 1.90. The second-order valence-corrected chi connectivity index (χ2v) is 3.25. The van der Waals surface area contributed by atoms with Crippen molar-refractivity contribution in [1.82, 2.24) is 4.98 Å². The van der Waals surface area contributed by atoms with Gasteiger partial charge in [-0.15, -0.1) is 0 Å². The van der Waals surface area contributed by atoms with Crippen LogP contribution in [0.1, 0.15) is 25.3 Å². The average Bonchev–Trinajstić information content (AvgIpc) is 2.20. The lowest BCUT2D eigenvalue weighted by Gasteiger charge is -1.98. The molecule has 0 aliphatic rings. The van der Waals surface area contributed by atoms with Crippen LogP contribution in [0.4, 0.5) is 0 Å². The molecular weight excluding hydrogens is 172 g/mol. The van der Waals surface area contributed by atoms with E-state index in [0.29, 0.717) is 0 Å². The fourth-order valence-corrected chi connectivity index (χ4v) is 1.17. The number of hydrogen-bond acceptors (Lipinski definition) is 2. The van der Waals surface area contributed by atoms with Crippen molar-refractivity contribution < 1.29 is 0 Å². The molecule has 0 aliphatic heterocycles. The van der Waals surface area contributed by atoms with Crippen LogP contribution in [-0.4, -0.2) is 11.0 Å². The van der Waals surface area contributed by atoms with E-state index in [9.17, 15) is 0 Å². The molecule has 0 fully saturated rings. The summed E-state index contributed by atoms with van der Waals surface area (Å²) in [5.74, 6) is 6.10. The van der Waals surface area contributed by atoms with Crippen LogP contribution in [0.5, 0.6) is 0 Å². The molecule has 2 N–H and O–H groups in total. The molecule has 1 atom stereocenters. The molecule has 14 heavy (non-hydrogen) atoms. The Morgan fingerprint density at radius 1 is 1.57 bits per heavy atom. The molecule has 74 valence electrons. The highest BCUT2D eigenvalue weighted by atomic mass is 14.6. The van der Waals surface area contributed by atoms with Crippen LogP contribution in [0.3, 0.4) is 0 Å². The monoisotopic (exact) mass is 188 g/mol. The highest BCUT2D eigenvalue weighted by Crippen LogP contribution is 1.96. The van der Waals surface area contributed by atoms with Gasteiger partial charge in [-0.3, -0.25) is 4.98 Å². The van der Waals surface area contributed by atoms with Gasteiger partial charge in [-0.2, -0.15) is 0 Å². The highest BCUT2D eigenvalue weighted by Gasteiger charge is 1.93. The van der Waals surface area contributed by atoms with E-state index in [1.54, 1.807) is 6.20 Å². The fourth-order valence-electron chi connectivity index (χ4n) is 1.17. The number of aromatic nitrogens is 1. The van der Waals surface area contributed by atoms with Gasteiger partial charge < -0.3 is 5.73 Å². The lowest BCUT2D eigenvalue weighted by molar-refractivity contribution is 0.720. The van der Waals surface area contributed by atoms with Crippen molar-refractivity contribution in [2.75, 3.05) is 0 Å². The van der Waals surface area contributed by atoms with E-state index in [1.807, 2.05) is 18.3 Å². The van der Waals surface area contributed by atoms with E-state index in [4.69, 9.17) is 5.73 Å². The Labute approximate surface area is 85.5 Å². The van der Waals surface area contributed by atoms with Gasteiger partial charge in [0.2, 0.25) is 0 Å². The van der Waals surface area contributed by atoms with E-state index in [1.165, 1.54) is 0 Å². The zero-order chi connectivity index (χ0) is 10.2. The first-order chi connectivity index (χ1) is 6.83. The van der Waals surface area contributed by atoms with Crippen LogP contribution < -0.4 is 5.73 Å². The van der Waals surface area contributed by atoms with Gasteiger partial charge in [-0.25, -0.2) is 0 Å². The van der Waals surface area contributed by atoms with Gasteiger partial charge in [-0.05, 0) is 18.1 Å². The molecule has 1 aromatic rings. The number of hydrogen-bond donors (Lipinski definition) is 1. The molecule has 0 amide bonds. The molecule has 1 heterocycles. The molecule has 0 radical (unpaired) electrons. The van der Waals surface area contributed by atoms with Gasteiger partial charge >= 0.3 is 0 Å². The first-order valence-corrected chi connectivity index (χ1v) is 4.95. The summed E-state index contributed by atoms with van der Waals surface area (Å²) in [6.07, 6.45) is 6.40. The second-order valence-electron chi connectivity index (χ2n) is 3.25. The van der Waals surface area contributed by atoms with Crippen molar-refractivity contribution >= 4 is 0 Å². The summed E-state index contributed by atoms with van der Waals surface area (Å²) >= 11 is 0. The molecule has 0 aliphatic carbocycles. The van der Waals surface area contributed by atoms with Crippen molar-refractivity contribution in [2.24, 2.45) is 5.73 Å². The molecular formula is C12H16N2. The zero-order valence-corrected chi connectivity index (χ0v) is 8.53. The van der Waals surface area contributed by atoms with Crippen LogP contribution in [0.25, 0.3) is 0 Å². The van der Waals surface area contributed by atoms with E-state index in [-0.39, 0.29) is 6.04 Å². The Bertz CT molecular complexity index is 308. The Hall–Kier alpha value is -1.33. The van der Waals surface area contributed by atoms with Gasteiger partial charge in [0.1, 0.15) is 0 Å². The van der Waals surface area contributed by atoms with Crippen molar-refractivity contribution in [3.63, 3.8) is 0 Å². The molecule has 0 saturated heterocycles. The smallest absolute Gasteiger partial charge is 0.0664 e. The maximum atomic E-state index is 5.76. The first kappa shape index (κ1) is 10.7. The molecule has 0 saturated carbocycles. The normalized spacial score (nSPS) is 11.6. The number of nitrogens with two attached hydrogens (primary N) is 1. The van der Waals surface area contributed by atoms with Crippen LogP contribution in [-0.2, 0) is 6.42 Å². The quantitative estimate of drug-likeness (QED) is 0.734. The Morgan fingerprint density at radius 3 is 3.07 bits per heavy atom. The summed E-state index contributed by atoms with van der Waals surface area (Å²) in [4.78, 5) is 4.02. The van der Waals surface area contributed by atoms with Crippen LogP contribution >= 0.6 is 0 Å². The Morgan fingerprint density at radius 2 is 2.43 bits per heavy atom. The standard InChI is InChI=1S/C12H16N2/c1-2-5-12(13)8-3-6-11-7-4-9-14-10-11/h4,7,9-10,12H,2,5-6,13H2,1H3. The maximum Gasteiger partial charge on any atom is 0.0664 e. The highest BCUT2D eigenvalue weighted by molar-refractivity contribution is 5.18. The Kier molecular flexibility index (Phi) is 4.74.